The summed E-state index contributed by atoms with van der Waals surface area (Å²) in [6.07, 6.45) is 3.06. The van der Waals surface area contributed by atoms with Crippen molar-refractivity contribution in [2.24, 2.45) is 0 Å². The van der Waals surface area contributed by atoms with Crippen molar-refractivity contribution in [3.8, 4) is 0 Å². The Balaban J connectivity index is 0.00000256. The monoisotopic (exact) mass is 258 g/mol. The first-order chi connectivity index (χ1) is 7.77. The number of benzene rings is 1. The van der Waals surface area contributed by atoms with Crippen LogP contribution in [-0.2, 0) is 11.2 Å². The van der Waals surface area contributed by atoms with Gasteiger partial charge in [-0.05, 0) is 29.9 Å². The maximum atomic E-state index is 5.42. The minimum absolute atomic E-state index is 0. The molecular formula is C15H23KO. The Hall–Kier alpha value is 0.816. The van der Waals surface area contributed by atoms with Gasteiger partial charge in [-0.15, -0.1) is 0 Å². The van der Waals surface area contributed by atoms with Gasteiger partial charge in [0, 0.05) is 6.61 Å². The molecule has 1 aromatic carbocycles. The number of rotatable bonds is 7. The van der Waals surface area contributed by atoms with Crippen molar-refractivity contribution in [2.75, 3.05) is 13.2 Å². The molecule has 0 saturated heterocycles. The molecule has 0 amide bonds. The summed E-state index contributed by atoms with van der Waals surface area (Å²) in [5.41, 5.74) is 2.79. The molecule has 1 aromatic rings. The van der Waals surface area contributed by atoms with Gasteiger partial charge < -0.3 is 11.7 Å². The first kappa shape index (κ1) is 17.8. The van der Waals surface area contributed by atoms with E-state index in [4.69, 9.17) is 4.74 Å². The van der Waals surface area contributed by atoms with E-state index >= 15 is 0 Å². The van der Waals surface area contributed by atoms with Gasteiger partial charge in [0.15, 0.2) is 0 Å². The second kappa shape index (κ2) is 10.7. The van der Waals surface area contributed by atoms with E-state index in [1.165, 1.54) is 17.5 Å². The molecule has 0 saturated carbocycles. The van der Waals surface area contributed by atoms with E-state index in [-0.39, 0.29) is 51.4 Å². The number of ether oxygens (including phenoxy) is 1. The van der Waals surface area contributed by atoms with Crippen molar-refractivity contribution >= 4 is 0 Å². The molecule has 1 atom stereocenters. The first-order valence-corrected chi connectivity index (χ1v) is 6.23. The van der Waals surface area contributed by atoms with Gasteiger partial charge in [-0.1, -0.05) is 38.1 Å². The zero-order chi connectivity index (χ0) is 11.8. The molecule has 0 heterocycles. The van der Waals surface area contributed by atoms with Crippen LogP contribution in [0.3, 0.4) is 0 Å². The van der Waals surface area contributed by atoms with Crippen molar-refractivity contribution < 1.29 is 56.1 Å². The largest absolute Gasteiger partial charge is 1.00 e. The molecule has 0 spiro atoms. The summed E-state index contributed by atoms with van der Waals surface area (Å²) < 4.78 is 5.42. The van der Waals surface area contributed by atoms with Crippen LogP contribution in [0.5, 0.6) is 0 Å². The molecule has 0 aliphatic carbocycles. The van der Waals surface area contributed by atoms with E-state index in [0.717, 1.165) is 26.1 Å². The molecule has 0 fully saturated rings. The quantitative estimate of drug-likeness (QED) is 0.403. The Morgan fingerprint density at radius 2 is 1.82 bits per heavy atom. The molecule has 2 heteroatoms. The minimum atomic E-state index is 0. The van der Waals surface area contributed by atoms with Gasteiger partial charge in [-0.2, -0.15) is 6.42 Å². The summed E-state index contributed by atoms with van der Waals surface area (Å²) in [6.45, 7) is 9.82. The zero-order valence-electron chi connectivity index (χ0n) is 11.5. The normalized spacial score (nSPS) is 11.9. The molecule has 0 aliphatic rings. The second-order valence-corrected chi connectivity index (χ2v) is 4.27. The van der Waals surface area contributed by atoms with E-state index in [9.17, 15) is 0 Å². The van der Waals surface area contributed by atoms with E-state index in [2.05, 4.69) is 45.0 Å². The van der Waals surface area contributed by atoms with Crippen LogP contribution in [0.25, 0.3) is 0 Å². The SMILES string of the molecule is [CH2-]CCOCCc1ccc(C(C)CC)cc1.[K+]. The fourth-order valence-corrected chi connectivity index (χ4v) is 1.64. The third-order valence-electron chi connectivity index (χ3n) is 2.98. The van der Waals surface area contributed by atoms with Crippen LogP contribution < -0.4 is 51.4 Å². The van der Waals surface area contributed by atoms with Crippen LogP contribution in [0.4, 0.5) is 0 Å². The van der Waals surface area contributed by atoms with E-state index in [0.29, 0.717) is 5.92 Å². The average Bonchev–Trinajstić information content (AvgIpc) is 2.34. The summed E-state index contributed by atoms with van der Waals surface area (Å²) in [6, 6.07) is 8.92. The Labute approximate surface area is 149 Å². The van der Waals surface area contributed by atoms with Crippen LogP contribution in [0.1, 0.15) is 43.7 Å². The molecule has 0 radical (unpaired) electrons. The molecule has 90 valence electrons. The third-order valence-corrected chi connectivity index (χ3v) is 2.98. The standard InChI is InChI=1S/C15H23O.K/c1-4-11-16-12-10-14-6-8-15(9-7-14)13(3)5-2;/h6-9,13H,1,4-5,10-12H2,2-3H3;/q-1;+1. The van der Waals surface area contributed by atoms with Crippen molar-refractivity contribution in [1.29, 1.82) is 0 Å². The average molecular weight is 258 g/mol. The van der Waals surface area contributed by atoms with Gasteiger partial charge in [-0.25, -0.2) is 0 Å². The maximum absolute atomic E-state index is 5.42. The predicted molar refractivity (Wildman–Crippen MR) is 69.6 cm³/mol. The van der Waals surface area contributed by atoms with Gasteiger partial charge in [-0.3, -0.25) is 0 Å². The Morgan fingerprint density at radius 1 is 1.18 bits per heavy atom. The maximum Gasteiger partial charge on any atom is 1.00 e. The molecule has 0 aromatic heterocycles. The topological polar surface area (TPSA) is 9.23 Å². The Bertz CT molecular complexity index is 281. The number of hydrogen-bond donors (Lipinski definition) is 0. The molecule has 1 rings (SSSR count). The molecule has 17 heavy (non-hydrogen) atoms. The van der Waals surface area contributed by atoms with Gasteiger partial charge >= 0.3 is 51.4 Å². The predicted octanol–water partition coefficient (Wildman–Crippen LogP) is 0.987. The van der Waals surface area contributed by atoms with Crippen molar-refractivity contribution in [3.63, 3.8) is 0 Å². The summed E-state index contributed by atoms with van der Waals surface area (Å²) >= 11 is 0. The molecule has 1 unspecified atom stereocenters. The van der Waals surface area contributed by atoms with Crippen LogP contribution in [0.15, 0.2) is 24.3 Å². The van der Waals surface area contributed by atoms with Crippen LogP contribution in [-0.4, -0.2) is 13.2 Å². The molecule has 0 bridgehead atoms. The summed E-state index contributed by atoms with van der Waals surface area (Å²) in [5.74, 6) is 0.663. The van der Waals surface area contributed by atoms with Crippen LogP contribution in [0, 0.1) is 6.92 Å². The smallest absolute Gasteiger partial charge is 0.384 e. The fraction of sp³-hybridized carbons (Fsp3) is 0.533. The zero-order valence-corrected chi connectivity index (χ0v) is 14.7. The summed E-state index contributed by atoms with van der Waals surface area (Å²) in [7, 11) is 0. The van der Waals surface area contributed by atoms with Gasteiger partial charge in [0.2, 0.25) is 0 Å². The fourth-order valence-electron chi connectivity index (χ4n) is 1.64. The van der Waals surface area contributed by atoms with E-state index in [1.54, 1.807) is 0 Å². The molecule has 1 nitrogen and oxygen atoms in total. The molecular weight excluding hydrogens is 235 g/mol. The summed E-state index contributed by atoms with van der Waals surface area (Å²) in [5, 5.41) is 0. The Morgan fingerprint density at radius 3 is 2.35 bits per heavy atom. The first-order valence-electron chi connectivity index (χ1n) is 6.23. The molecule has 0 N–H and O–H groups in total. The third kappa shape index (κ3) is 7.09. The van der Waals surface area contributed by atoms with E-state index < -0.39 is 0 Å². The van der Waals surface area contributed by atoms with Gasteiger partial charge in [0.25, 0.3) is 0 Å². The second-order valence-electron chi connectivity index (χ2n) is 4.27. The van der Waals surface area contributed by atoms with Crippen LogP contribution >= 0.6 is 0 Å². The van der Waals surface area contributed by atoms with Crippen molar-refractivity contribution in [3.05, 3.63) is 42.3 Å². The van der Waals surface area contributed by atoms with Gasteiger partial charge in [0.1, 0.15) is 0 Å². The van der Waals surface area contributed by atoms with Crippen molar-refractivity contribution in [1.82, 2.24) is 0 Å². The minimum Gasteiger partial charge on any atom is -0.384 e. The van der Waals surface area contributed by atoms with E-state index in [1.807, 2.05) is 0 Å². The van der Waals surface area contributed by atoms with Gasteiger partial charge in [0.05, 0.1) is 6.61 Å². The molecule has 0 aliphatic heterocycles. The Kier molecular flexibility index (Phi) is 11.2. The van der Waals surface area contributed by atoms with Crippen molar-refractivity contribution in [2.45, 2.75) is 39.0 Å². The number of hydrogen-bond acceptors (Lipinski definition) is 1. The summed E-state index contributed by atoms with van der Waals surface area (Å²) in [4.78, 5) is 0. The van der Waals surface area contributed by atoms with Crippen LogP contribution in [0.2, 0.25) is 0 Å².